The normalized spacial score (nSPS) is 11.2. The highest BCUT2D eigenvalue weighted by Gasteiger charge is 2.16. The van der Waals surface area contributed by atoms with Crippen molar-refractivity contribution >= 4 is 17.2 Å². The molecule has 0 saturated heterocycles. The molecule has 0 saturated carbocycles. The number of hydrazine groups is 1. The van der Waals surface area contributed by atoms with Crippen molar-refractivity contribution in [2.75, 3.05) is 13.2 Å². The van der Waals surface area contributed by atoms with E-state index in [1.54, 1.807) is 0 Å². The number of hydrogen-bond acceptors (Lipinski definition) is 5. The lowest BCUT2D eigenvalue weighted by molar-refractivity contribution is 0.0954. The van der Waals surface area contributed by atoms with Gasteiger partial charge in [-0.05, 0) is 30.9 Å². The summed E-state index contributed by atoms with van der Waals surface area (Å²) in [6.45, 7) is 5.47. The third-order valence-electron chi connectivity index (χ3n) is 2.58. The third kappa shape index (κ3) is 3.78. The first-order chi connectivity index (χ1) is 8.10. The number of rotatable bonds is 6. The van der Waals surface area contributed by atoms with Crippen molar-refractivity contribution < 1.29 is 9.90 Å². The molecular formula is C11H19N3O2S. The van der Waals surface area contributed by atoms with Crippen LogP contribution >= 0.6 is 11.3 Å². The van der Waals surface area contributed by atoms with Gasteiger partial charge in [0.15, 0.2) is 0 Å². The zero-order valence-corrected chi connectivity index (χ0v) is 11.0. The Kier molecular flexibility index (Phi) is 5.57. The summed E-state index contributed by atoms with van der Waals surface area (Å²) < 4.78 is 0. The fourth-order valence-corrected chi connectivity index (χ4v) is 2.41. The Morgan fingerprint density at radius 1 is 1.65 bits per heavy atom. The largest absolute Gasteiger partial charge is 0.395 e. The maximum atomic E-state index is 11.5. The van der Waals surface area contributed by atoms with Crippen molar-refractivity contribution in [1.82, 2.24) is 10.3 Å². The minimum absolute atomic E-state index is 0.112. The summed E-state index contributed by atoms with van der Waals surface area (Å²) in [4.78, 5) is 14.3. The molecule has 0 fully saturated rings. The number of nitrogens with two attached hydrogens (primary N) is 1. The topological polar surface area (TPSA) is 78.6 Å². The molecule has 1 amide bonds. The molecule has 1 heterocycles. The van der Waals surface area contributed by atoms with Gasteiger partial charge in [0.2, 0.25) is 0 Å². The lowest BCUT2D eigenvalue weighted by atomic mass is 10.2. The molecule has 0 aliphatic heterocycles. The number of carbonyl (C=O) groups is 1. The van der Waals surface area contributed by atoms with Crippen LogP contribution in [0.25, 0.3) is 0 Å². The lowest BCUT2D eigenvalue weighted by Crippen LogP contribution is -2.34. The Labute approximate surface area is 105 Å². The van der Waals surface area contributed by atoms with Gasteiger partial charge < -0.3 is 5.11 Å². The number of nitrogens with zero attached hydrogens (tertiary/aromatic N) is 1. The highest BCUT2D eigenvalue weighted by atomic mass is 32.1. The van der Waals surface area contributed by atoms with E-state index in [0.717, 1.165) is 5.56 Å². The van der Waals surface area contributed by atoms with Gasteiger partial charge in [-0.3, -0.25) is 15.1 Å². The second kappa shape index (κ2) is 6.70. The molecular weight excluding hydrogens is 238 g/mol. The second-order valence-electron chi connectivity index (χ2n) is 4.04. The zero-order chi connectivity index (χ0) is 12.8. The van der Waals surface area contributed by atoms with Crippen LogP contribution in [0.15, 0.2) is 11.4 Å². The van der Waals surface area contributed by atoms with E-state index in [-0.39, 0.29) is 12.5 Å². The Bertz CT molecular complexity index is 365. The van der Waals surface area contributed by atoms with E-state index >= 15 is 0 Å². The van der Waals surface area contributed by atoms with Crippen LogP contribution in [-0.2, 0) is 6.54 Å². The van der Waals surface area contributed by atoms with Crippen molar-refractivity contribution in [3.63, 3.8) is 0 Å². The first kappa shape index (κ1) is 14.1. The fraction of sp³-hybridized carbons (Fsp3) is 0.545. The second-order valence-corrected chi connectivity index (χ2v) is 4.95. The predicted octanol–water partition coefficient (Wildman–Crippen LogP) is 0.554. The molecule has 5 nitrogen and oxygen atoms in total. The van der Waals surface area contributed by atoms with E-state index < -0.39 is 0 Å². The molecule has 4 N–H and O–H groups in total. The molecule has 0 aliphatic carbocycles. The van der Waals surface area contributed by atoms with Gasteiger partial charge in [-0.15, -0.1) is 11.3 Å². The van der Waals surface area contributed by atoms with Gasteiger partial charge in [0.1, 0.15) is 0 Å². The molecule has 1 rings (SSSR count). The van der Waals surface area contributed by atoms with Gasteiger partial charge in [-0.1, -0.05) is 0 Å². The summed E-state index contributed by atoms with van der Waals surface area (Å²) in [6.07, 6.45) is 0. The van der Waals surface area contributed by atoms with E-state index in [2.05, 4.69) is 24.2 Å². The van der Waals surface area contributed by atoms with E-state index in [0.29, 0.717) is 24.0 Å². The molecule has 6 heteroatoms. The minimum Gasteiger partial charge on any atom is -0.395 e. The van der Waals surface area contributed by atoms with Crippen LogP contribution in [0, 0.1) is 0 Å². The Balaban J connectivity index is 2.79. The summed E-state index contributed by atoms with van der Waals surface area (Å²) >= 11 is 1.37. The molecule has 96 valence electrons. The number of nitrogen functional groups attached to an aromatic ring is 1. The van der Waals surface area contributed by atoms with Gasteiger partial charge in [0.05, 0.1) is 11.5 Å². The number of carbonyl (C=O) groups excluding carboxylic acids is 1. The Morgan fingerprint density at radius 3 is 2.88 bits per heavy atom. The highest BCUT2D eigenvalue weighted by molar-refractivity contribution is 7.12. The summed E-state index contributed by atoms with van der Waals surface area (Å²) in [7, 11) is 0. The molecule has 0 bridgehead atoms. The molecule has 1 aromatic heterocycles. The summed E-state index contributed by atoms with van der Waals surface area (Å²) in [6, 6.07) is 2.23. The number of amides is 1. The molecule has 0 aromatic carbocycles. The van der Waals surface area contributed by atoms with Crippen molar-refractivity contribution in [3.05, 3.63) is 21.9 Å². The molecule has 1 aromatic rings. The highest BCUT2D eigenvalue weighted by Crippen LogP contribution is 2.19. The van der Waals surface area contributed by atoms with E-state index in [9.17, 15) is 4.79 Å². The van der Waals surface area contributed by atoms with Crippen molar-refractivity contribution in [3.8, 4) is 0 Å². The standard InChI is InChI=1S/C11H19N3O2S/c1-8(2)14(4-5-15)7-9-3-6-17-10(9)11(16)13-12/h3,6,8,15H,4-5,7,12H2,1-2H3,(H,13,16). The lowest BCUT2D eigenvalue weighted by Gasteiger charge is -2.25. The van der Waals surface area contributed by atoms with Gasteiger partial charge in [-0.25, -0.2) is 5.84 Å². The summed E-state index contributed by atoms with van der Waals surface area (Å²) in [5, 5.41) is 10.9. The molecule has 17 heavy (non-hydrogen) atoms. The first-order valence-electron chi connectivity index (χ1n) is 5.52. The van der Waals surface area contributed by atoms with Crippen LogP contribution in [0.2, 0.25) is 0 Å². The molecule has 0 atom stereocenters. The summed E-state index contributed by atoms with van der Waals surface area (Å²) in [5.74, 6) is 4.87. The summed E-state index contributed by atoms with van der Waals surface area (Å²) in [5.41, 5.74) is 3.09. The monoisotopic (exact) mass is 257 g/mol. The fourth-order valence-electron chi connectivity index (χ4n) is 1.59. The number of nitrogens with one attached hydrogen (secondary N) is 1. The van der Waals surface area contributed by atoms with Crippen LogP contribution in [0.1, 0.15) is 29.1 Å². The average Bonchev–Trinajstić information content (AvgIpc) is 2.75. The van der Waals surface area contributed by atoms with E-state index in [1.807, 2.05) is 11.4 Å². The Morgan fingerprint density at radius 2 is 2.35 bits per heavy atom. The zero-order valence-electron chi connectivity index (χ0n) is 10.1. The van der Waals surface area contributed by atoms with Crippen LogP contribution in [0.5, 0.6) is 0 Å². The van der Waals surface area contributed by atoms with Crippen molar-refractivity contribution in [2.24, 2.45) is 5.84 Å². The van der Waals surface area contributed by atoms with E-state index in [1.165, 1.54) is 11.3 Å². The van der Waals surface area contributed by atoms with Crippen LogP contribution in [0.4, 0.5) is 0 Å². The quantitative estimate of drug-likeness (QED) is 0.395. The molecule has 0 aliphatic rings. The van der Waals surface area contributed by atoms with Gasteiger partial charge in [-0.2, -0.15) is 0 Å². The first-order valence-corrected chi connectivity index (χ1v) is 6.40. The number of aliphatic hydroxyl groups is 1. The third-order valence-corrected chi connectivity index (χ3v) is 3.53. The number of hydrogen-bond donors (Lipinski definition) is 3. The smallest absolute Gasteiger partial charge is 0.275 e. The van der Waals surface area contributed by atoms with Crippen LogP contribution < -0.4 is 11.3 Å². The maximum Gasteiger partial charge on any atom is 0.275 e. The minimum atomic E-state index is -0.261. The van der Waals surface area contributed by atoms with Crippen molar-refractivity contribution in [1.29, 1.82) is 0 Å². The maximum absolute atomic E-state index is 11.5. The van der Waals surface area contributed by atoms with Crippen LogP contribution in [-0.4, -0.2) is 35.1 Å². The predicted molar refractivity (Wildman–Crippen MR) is 68.6 cm³/mol. The molecule has 0 spiro atoms. The van der Waals surface area contributed by atoms with E-state index in [4.69, 9.17) is 10.9 Å². The molecule has 0 unspecified atom stereocenters. The van der Waals surface area contributed by atoms with Gasteiger partial charge >= 0.3 is 0 Å². The van der Waals surface area contributed by atoms with Crippen LogP contribution in [0.3, 0.4) is 0 Å². The SMILES string of the molecule is CC(C)N(CCO)Cc1ccsc1C(=O)NN. The van der Waals surface area contributed by atoms with Crippen molar-refractivity contribution in [2.45, 2.75) is 26.4 Å². The molecule has 0 radical (unpaired) electrons. The van der Waals surface area contributed by atoms with Gasteiger partial charge in [0.25, 0.3) is 5.91 Å². The average molecular weight is 257 g/mol. The number of thiophene rings is 1. The Hall–Kier alpha value is -0.950. The van der Waals surface area contributed by atoms with Gasteiger partial charge in [0, 0.05) is 19.1 Å². The number of aliphatic hydroxyl groups excluding tert-OH is 1.